The first-order valence-electron chi connectivity index (χ1n) is 5.53. The fourth-order valence-corrected chi connectivity index (χ4v) is 2.63. The van der Waals surface area contributed by atoms with E-state index in [-0.39, 0.29) is 5.03 Å². The van der Waals surface area contributed by atoms with E-state index in [1.807, 2.05) is 0 Å². The molecule has 1 aromatic rings. The monoisotopic (exact) mass is 279 g/mol. The third-order valence-electron chi connectivity index (χ3n) is 2.46. The zero-order chi connectivity index (χ0) is 12.9. The van der Waals surface area contributed by atoms with Crippen LogP contribution in [0.1, 0.15) is 25.1 Å². The van der Waals surface area contributed by atoms with Gasteiger partial charge in [-0.3, -0.25) is 0 Å². The smallest absolute Gasteiger partial charge is 0.259 e. The molecule has 0 aliphatic carbocycles. The Morgan fingerprint density at radius 2 is 2.12 bits per heavy atom. The zero-order valence-electron chi connectivity index (χ0n) is 10.1. The Bertz CT molecular complexity index is 437. The van der Waals surface area contributed by atoms with Crippen molar-refractivity contribution in [3.63, 3.8) is 0 Å². The second kappa shape index (κ2) is 6.37. The van der Waals surface area contributed by atoms with Gasteiger partial charge in [-0.1, -0.05) is 6.42 Å². The van der Waals surface area contributed by atoms with Crippen LogP contribution in [0.4, 0.5) is 0 Å². The number of imidazole rings is 1. The molecule has 1 N–H and O–H groups in total. The lowest BCUT2D eigenvalue weighted by Crippen LogP contribution is -2.25. The van der Waals surface area contributed by atoms with Gasteiger partial charge in [-0.2, -0.15) is 0 Å². The first-order valence-corrected chi connectivity index (χ1v) is 7.54. The molecule has 0 aliphatic rings. The number of rotatable bonds is 7. The van der Waals surface area contributed by atoms with Crippen molar-refractivity contribution in [1.82, 2.24) is 14.3 Å². The summed E-state index contributed by atoms with van der Waals surface area (Å²) < 4.78 is 27.8. The molecule has 5 nitrogen and oxygen atoms in total. The van der Waals surface area contributed by atoms with Crippen molar-refractivity contribution in [2.45, 2.75) is 31.2 Å². The van der Waals surface area contributed by atoms with Gasteiger partial charge < -0.3 is 4.57 Å². The summed E-state index contributed by atoms with van der Waals surface area (Å²) in [4.78, 5) is 3.99. The molecule has 0 atom stereocenters. The molecule has 7 heteroatoms. The number of alkyl halides is 1. The fourth-order valence-electron chi connectivity index (χ4n) is 1.33. The fraction of sp³-hybridized carbons (Fsp3) is 0.700. The highest BCUT2D eigenvalue weighted by Crippen LogP contribution is 2.07. The van der Waals surface area contributed by atoms with E-state index < -0.39 is 10.0 Å². The third-order valence-corrected chi connectivity index (χ3v) is 4.06. The Balaban J connectivity index is 2.51. The summed E-state index contributed by atoms with van der Waals surface area (Å²) in [7, 11) is -1.70. The summed E-state index contributed by atoms with van der Waals surface area (Å²) in [5, 5.41) is 0.0786. The molecule has 17 heavy (non-hydrogen) atoms. The molecule has 1 rings (SSSR count). The Morgan fingerprint density at radius 1 is 1.41 bits per heavy atom. The molecule has 0 saturated carbocycles. The highest BCUT2D eigenvalue weighted by Gasteiger charge is 2.17. The second-order valence-corrected chi connectivity index (χ2v) is 5.98. The molecule has 0 unspecified atom stereocenters. The lowest BCUT2D eigenvalue weighted by atomic mass is 10.2. The van der Waals surface area contributed by atoms with Crippen molar-refractivity contribution < 1.29 is 8.42 Å². The molecule has 0 spiro atoms. The molecule has 0 amide bonds. The summed E-state index contributed by atoms with van der Waals surface area (Å²) in [6.07, 6.45) is 4.13. The van der Waals surface area contributed by atoms with E-state index in [9.17, 15) is 8.42 Å². The van der Waals surface area contributed by atoms with Gasteiger partial charge in [0.2, 0.25) is 0 Å². The van der Waals surface area contributed by atoms with Crippen LogP contribution in [0.2, 0.25) is 0 Å². The standard InChI is InChI=1S/C10H18ClN3O2S/c1-9-13-10(8-14(9)2)17(15,16)12-7-5-3-4-6-11/h8,12H,3-7H2,1-2H3. The Hall–Kier alpha value is -0.590. The number of aryl methyl sites for hydroxylation is 2. The Labute approximate surface area is 107 Å². The van der Waals surface area contributed by atoms with Crippen molar-refractivity contribution >= 4 is 21.6 Å². The molecule has 1 heterocycles. The van der Waals surface area contributed by atoms with Crippen molar-refractivity contribution in [1.29, 1.82) is 0 Å². The minimum absolute atomic E-state index is 0.0786. The van der Waals surface area contributed by atoms with Crippen molar-refractivity contribution in [3.8, 4) is 0 Å². The summed E-state index contributed by atoms with van der Waals surface area (Å²) in [6, 6.07) is 0. The van der Waals surface area contributed by atoms with Crippen molar-refractivity contribution in [2.24, 2.45) is 7.05 Å². The van der Waals surface area contributed by atoms with Gasteiger partial charge in [-0.05, 0) is 19.8 Å². The maximum Gasteiger partial charge on any atom is 0.259 e. The highest BCUT2D eigenvalue weighted by atomic mass is 35.5. The Kier molecular flexibility index (Phi) is 5.42. The van der Waals surface area contributed by atoms with Crippen LogP contribution in [-0.2, 0) is 17.1 Å². The van der Waals surface area contributed by atoms with E-state index in [1.165, 1.54) is 6.20 Å². The lowest BCUT2D eigenvalue weighted by Gasteiger charge is -2.03. The van der Waals surface area contributed by atoms with Gasteiger partial charge >= 0.3 is 0 Å². The van der Waals surface area contributed by atoms with Crippen LogP contribution in [0, 0.1) is 6.92 Å². The molecule has 0 radical (unpaired) electrons. The van der Waals surface area contributed by atoms with Gasteiger partial charge in [0.25, 0.3) is 10.0 Å². The summed E-state index contributed by atoms with van der Waals surface area (Å²) in [5.74, 6) is 1.29. The molecule has 98 valence electrons. The maximum atomic E-state index is 11.8. The average Bonchev–Trinajstić information content (AvgIpc) is 2.60. The summed E-state index contributed by atoms with van der Waals surface area (Å²) in [6.45, 7) is 2.19. The first-order chi connectivity index (χ1) is 7.97. The molecule has 0 fully saturated rings. The minimum atomic E-state index is -3.46. The number of hydrogen-bond donors (Lipinski definition) is 1. The number of sulfonamides is 1. The highest BCUT2D eigenvalue weighted by molar-refractivity contribution is 7.89. The van der Waals surface area contributed by atoms with Gasteiger partial charge in [0.15, 0.2) is 5.03 Å². The second-order valence-electron chi connectivity index (χ2n) is 3.88. The van der Waals surface area contributed by atoms with Gasteiger partial charge in [-0.25, -0.2) is 18.1 Å². The third kappa shape index (κ3) is 4.29. The van der Waals surface area contributed by atoms with Crippen LogP contribution >= 0.6 is 11.6 Å². The van der Waals surface area contributed by atoms with Crippen LogP contribution in [-0.4, -0.2) is 30.4 Å². The average molecular weight is 280 g/mol. The van der Waals surface area contributed by atoms with E-state index in [4.69, 9.17) is 11.6 Å². The Morgan fingerprint density at radius 3 is 2.65 bits per heavy atom. The van der Waals surface area contributed by atoms with E-state index in [1.54, 1.807) is 18.5 Å². The minimum Gasteiger partial charge on any atom is -0.337 e. The summed E-state index contributed by atoms with van der Waals surface area (Å²) in [5.41, 5.74) is 0. The van der Waals surface area contributed by atoms with Crippen LogP contribution in [0.15, 0.2) is 11.2 Å². The van der Waals surface area contributed by atoms with Crippen molar-refractivity contribution in [3.05, 3.63) is 12.0 Å². The normalized spacial score (nSPS) is 11.9. The van der Waals surface area contributed by atoms with Crippen LogP contribution in [0.5, 0.6) is 0 Å². The van der Waals surface area contributed by atoms with Crippen LogP contribution < -0.4 is 4.72 Å². The van der Waals surface area contributed by atoms with Gasteiger partial charge in [0, 0.05) is 25.7 Å². The molecule has 0 bridgehead atoms. The molecular weight excluding hydrogens is 262 g/mol. The molecule has 0 aliphatic heterocycles. The summed E-state index contributed by atoms with van der Waals surface area (Å²) >= 11 is 5.54. The first kappa shape index (κ1) is 14.5. The number of aromatic nitrogens is 2. The molecular formula is C10H18ClN3O2S. The topological polar surface area (TPSA) is 64.0 Å². The maximum absolute atomic E-state index is 11.8. The van der Waals surface area contributed by atoms with E-state index in [0.717, 1.165) is 19.3 Å². The van der Waals surface area contributed by atoms with E-state index in [2.05, 4.69) is 9.71 Å². The molecule has 0 saturated heterocycles. The predicted octanol–water partition coefficient (Wildman–Crippen LogP) is 1.42. The van der Waals surface area contributed by atoms with Crippen LogP contribution in [0.25, 0.3) is 0 Å². The largest absolute Gasteiger partial charge is 0.337 e. The van der Waals surface area contributed by atoms with Crippen molar-refractivity contribution in [2.75, 3.05) is 12.4 Å². The zero-order valence-corrected chi connectivity index (χ0v) is 11.7. The lowest BCUT2D eigenvalue weighted by molar-refractivity contribution is 0.573. The molecule has 0 aromatic carbocycles. The number of hydrogen-bond acceptors (Lipinski definition) is 3. The van der Waals surface area contributed by atoms with E-state index in [0.29, 0.717) is 18.2 Å². The van der Waals surface area contributed by atoms with E-state index >= 15 is 0 Å². The van der Waals surface area contributed by atoms with Gasteiger partial charge in [0.1, 0.15) is 5.82 Å². The number of nitrogens with zero attached hydrogens (tertiary/aromatic N) is 2. The van der Waals surface area contributed by atoms with Gasteiger partial charge in [0.05, 0.1) is 0 Å². The van der Waals surface area contributed by atoms with Gasteiger partial charge in [-0.15, -0.1) is 11.6 Å². The van der Waals surface area contributed by atoms with Crippen LogP contribution in [0.3, 0.4) is 0 Å². The predicted molar refractivity (Wildman–Crippen MR) is 67.7 cm³/mol. The SMILES string of the molecule is Cc1nc(S(=O)(=O)NCCCCCCl)cn1C. The number of nitrogens with one attached hydrogen (secondary N) is 1. The quantitative estimate of drug-likeness (QED) is 0.606. The molecule has 1 aromatic heterocycles. The number of halogens is 1. The number of unbranched alkanes of at least 4 members (excludes halogenated alkanes) is 2.